The van der Waals surface area contributed by atoms with E-state index in [-0.39, 0.29) is 11.7 Å². The number of para-hydroxylation sites is 2. The maximum atomic E-state index is 12.6. The zero-order valence-electron chi connectivity index (χ0n) is 16.8. The van der Waals surface area contributed by atoms with Gasteiger partial charge in [0, 0.05) is 11.4 Å². The van der Waals surface area contributed by atoms with E-state index < -0.39 is 0 Å². The molecule has 3 aromatic carbocycles. The minimum atomic E-state index is -0.175. The molecule has 0 aliphatic heterocycles. The van der Waals surface area contributed by atoms with Crippen molar-refractivity contribution < 1.29 is 9.53 Å². The summed E-state index contributed by atoms with van der Waals surface area (Å²) in [5, 5.41) is 4.13. The highest BCUT2D eigenvalue weighted by atomic mass is 35.5. The summed E-state index contributed by atoms with van der Waals surface area (Å²) in [6.07, 6.45) is 0.644. The van der Waals surface area contributed by atoms with Gasteiger partial charge in [0.05, 0.1) is 35.3 Å². The minimum absolute atomic E-state index is 0.175. The first-order valence-electron chi connectivity index (χ1n) is 9.68. The van der Waals surface area contributed by atoms with Crippen molar-refractivity contribution in [2.75, 3.05) is 18.2 Å². The maximum absolute atomic E-state index is 12.6. The molecule has 0 fully saturated rings. The fourth-order valence-corrected chi connectivity index (χ4v) is 4.10. The fraction of sp³-hybridized carbons (Fsp3) is 0.125. The number of thioether (sulfide) groups is 1. The quantitative estimate of drug-likeness (QED) is 0.371. The smallest absolute Gasteiger partial charge is 0.234 e. The summed E-state index contributed by atoms with van der Waals surface area (Å²) >= 11 is 7.42. The molecule has 1 amide bonds. The predicted molar refractivity (Wildman–Crippen MR) is 126 cm³/mol. The first-order valence-corrected chi connectivity index (χ1v) is 11.0. The summed E-state index contributed by atoms with van der Waals surface area (Å²) in [6, 6.07) is 23.0. The van der Waals surface area contributed by atoms with Crippen molar-refractivity contribution in [3.63, 3.8) is 0 Å². The number of benzene rings is 3. The Balaban J connectivity index is 1.55. The number of nitrogens with zero attached hydrogens (tertiary/aromatic N) is 2. The van der Waals surface area contributed by atoms with E-state index in [1.807, 2.05) is 42.5 Å². The van der Waals surface area contributed by atoms with Crippen molar-refractivity contribution in [1.82, 2.24) is 9.97 Å². The maximum Gasteiger partial charge on any atom is 0.234 e. The SMILES string of the molecule is COc1ccc(Cl)cc1NC(=O)CSc1nc2ccccc2nc1Cc1ccccc1. The number of rotatable bonds is 7. The van der Waals surface area contributed by atoms with Crippen molar-refractivity contribution in [3.8, 4) is 5.75 Å². The molecule has 0 bridgehead atoms. The van der Waals surface area contributed by atoms with Crippen LogP contribution in [0.25, 0.3) is 11.0 Å². The molecule has 1 N–H and O–H groups in total. The molecule has 4 rings (SSSR count). The lowest BCUT2D eigenvalue weighted by atomic mass is 10.1. The number of methoxy groups -OCH3 is 1. The molecular weight excluding hydrogens is 430 g/mol. The molecule has 0 saturated carbocycles. The van der Waals surface area contributed by atoms with E-state index in [0.29, 0.717) is 22.9 Å². The Labute approximate surface area is 189 Å². The molecular formula is C24H20ClN3O2S. The minimum Gasteiger partial charge on any atom is -0.495 e. The number of fused-ring (bicyclic) bond motifs is 1. The summed E-state index contributed by atoms with van der Waals surface area (Å²) in [7, 11) is 1.55. The number of amides is 1. The van der Waals surface area contributed by atoms with Gasteiger partial charge in [-0.3, -0.25) is 4.79 Å². The van der Waals surface area contributed by atoms with Gasteiger partial charge in [0.1, 0.15) is 10.8 Å². The lowest BCUT2D eigenvalue weighted by molar-refractivity contribution is -0.113. The molecule has 31 heavy (non-hydrogen) atoms. The molecule has 4 aromatic rings. The second kappa shape index (κ2) is 9.81. The number of anilines is 1. The normalized spacial score (nSPS) is 10.8. The Morgan fingerprint density at radius 2 is 1.71 bits per heavy atom. The Bertz CT molecular complexity index is 1220. The lowest BCUT2D eigenvalue weighted by Crippen LogP contribution is -2.15. The zero-order valence-corrected chi connectivity index (χ0v) is 18.4. The fourth-order valence-electron chi connectivity index (χ4n) is 3.14. The van der Waals surface area contributed by atoms with Crippen LogP contribution in [0.2, 0.25) is 5.02 Å². The van der Waals surface area contributed by atoms with Gasteiger partial charge < -0.3 is 10.1 Å². The van der Waals surface area contributed by atoms with Gasteiger partial charge in [-0.15, -0.1) is 0 Å². The van der Waals surface area contributed by atoms with Crippen LogP contribution in [0.4, 0.5) is 5.69 Å². The summed E-state index contributed by atoms with van der Waals surface area (Å²) in [5.41, 5.74) is 4.17. The number of halogens is 1. The van der Waals surface area contributed by atoms with Crippen molar-refractivity contribution in [2.45, 2.75) is 11.4 Å². The number of nitrogens with one attached hydrogen (secondary N) is 1. The van der Waals surface area contributed by atoms with Gasteiger partial charge in [0.15, 0.2) is 0 Å². The Morgan fingerprint density at radius 1 is 1.00 bits per heavy atom. The molecule has 0 aliphatic rings. The number of hydrogen-bond acceptors (Lipinski definition) is 5. The van der Waals surface area contributed by atoms with Gasteiger partial charge in [-0.1, -0.05) is 65.8 Å². The van der Waals surface area contributed by atoms with Crippen LogP contribution in [-0.4, -0.2) is 28.7 Å². The van der Waals surface area contributed by atoms with Crippen LogP contribution in [0.15, 0.2) is 77.8 Å². The Morgan fingerprint density at radius 3 is 2.45 bits per heavy atom. The highest BCUT2D eigenvalue weighted by Gasteiger charge is 2.14. The highest BCUT2D eigenvalue weighted by molar-refractivity contribution is 8.00. The third kappa shape index (κ3) is 5.34. The second-order valence-corrected chi connectivity index (χ2v) is 8.21. The van der Waals surface area contributed by atoms with Crippen LogP contribution in [-0.2, 0) is 11.2 Å². The molecule has 5 nitrogen and oxygen atoms in total. The van der Waals surface area contributed by atoms with Gasteiger partial charge in [-0.25, -0.2) is 9.97 Å². The van der Waals surface area contributed by atoms with Gasteiger partial charge in [-0.2, -0.15) is 0 Å². The van der Waals surface area contributed by atoms with Gasteiger partial charge in [-0.05, 0) is 35.9 Å². The number of carbonyl (C=O) groups excluding carboxylic acids is 1. The first kappa shape index (κ1) is 21.2. The van der Waals surface area contributed by atoms with Crippen molar-refractivity contribution in [1.29, 1.82) is 0 Å². The third-order valence-electron chi connectivity index (χ3n) is 4.60. The molecule has 156 valence electrons. The van der Waals surface area contributed by atoms with E-state index in [1.54, 1.807) is 25.3 Å². The van der Waals surface area contributed by atoms with E-state index in [2.05, 4.69) is 17.4 Å². The third-order valence-corrected chi connectivity index (χ3v) is 5.84. The summed E-state index contributed by atoms with van der Waals surface area (Å²) in [4.78, 5) is 22.2. The molecule has 0 saturated heterocycles. The molecule has 0 aliphatic carbocycles. The molecule has 1 aromatic heterocycles. The summed E-state index contributed by atoms with van der Waals surface area (Å²) in [6.45, 7) is 0. The van der Waals surface area contributed by atoms with E-state index in [9.17, 15) is 4.79 Å². The summed E-state index contributed by atoms with van der Waals surface area (Å²) < 4.78 is 5.30. The first-order chi connectivity index (χ1) is 15.1. The number of ether oxygens (including phenoxy) is 1. The van der Waals surface area contributed by atoms with Crippen molar-refractivity contribution in [3.05, 3.63) is 89.1 Å². The standard InChI is InChI=1S/C24H20ClN3O2S/c1-30-22-12-11-17(25)14-20(22)27-23(29)15-31-24-21(13-16-7-3-2-4-8-16)26-18-9-5-6-10-19(18)28-24/h2-12,14H,13,15H2,1H3,(H,27,29). The number of aromatic nitrogens is 2. The van der Waals surface area contributed by atoms with Crippen LogP contribution in [0.5, 0.6) is 5.75 Å². The Kier molecular flexibility index (Phi) is 6.70. The largest absolute Gasteiger partial charge is 0.495 e. The summed E-state index contributed by atoms with van der Waals surface area (Å²) in [5.74, 6) is 0.564. The molecule has 0 spiro atoms. The van der Waals surface area contributed by atoms with Crippen molar-refractivity contribution >= 4 is 46.0 Å². The molecule has 0 radical (unpaired) electrons. The molecule has 0 atom stereocenters. The number of hydrogen-bond donors (Lipinski definition) is 1. The highest BCUT2D eigenvalue weighted by Crippen LogP contribution is 2.29. The van der Waals surface area contributed by atoms with Crippen LogP contribution >= 0.6 is 23.4 Å². The van der Waals surface area contributed by atoms with E-state index in [1.165, 1.54) is 11.8 Å². The van der Waals surface area contributed by atoms with Gasteiger partial charge in [0.25, 0.3) is 0 Å². The topological polar surface area (TPSA) is 64.1 Å². The lowest BCUT2D eigenvalue weighted by Gasteiger charge is -2.12. The van der Waals surface area contributed by atoms with E-state index in [0.717, 1.165) is 27.3 Å². The second-order valence-electron chi connectivity index (χ2n) is 6.81. The zero-order chi connectivity index (χ0) is 21.6. The number of carbonyl (C=O) groups is 1. The predicted octanol–water partition coefficient (Wildman–Crippen LogP) is 5.61. The van der Waals surface area contributed by atoms with E-state index >= 15 is 0 Å². The monoisotopic (exact) mass is 449 g/mol. The van der Waals surface area contributed by atoms with Gasteiger partial charge in [0.2, 0.25) is 5.91 Å². The Hall–Kier alpha value is -3.09. The van der Waals surface area contributed by atoms with Crippen LogP contribution < -0.4 is 10.1 Å². The van der Waals surface area contributed by atoms with Gasteiger partial charge >= 0.3 is 0 Å². The molecule has 0 unspecified atom stereocenters. The average molecular weight is 450 g/mol. The molecule has 1 heterocycles. The molecule has 7 heteroatoms. The van der Waals surface area contributed by atoms with E-state index in [4.69, 9.17) is 26.3 Å². The average Bonchev–Trinajstić information content (AvgIpc) is 2.78. The van der Waals surface area contributed by atoms with Crippen LogP contribution in [0, 0.1) is 0 Å². The van der Waals surface area contributed by atoms with Crippen LogP contribution in [0.3, 0.4) is 0 Å². The van der Waals surface area contributed by atoms with Crippen LogP contribution in [0.1, 0.15) is 11.3 Å². The van der Waals surface area contributed by atoms with Crippen molar-refractivity contribution in [2.24, 2.45) is 0 Å².